The molecule has 0 saturated heterocycles. The molecule has 0 unspecified atom stereocenters. The van der Waals surface area contributed by atoms with Crippen LogP contribution in [0.3, 0.4) is 0 Å². The molecule has 0 aliphatic rings. The van der Waals surface area contributed by atoms with E-state index in [0.717, 1.165) is 12.8 Å². The molecule has 3 heteroatoms. The first kappa shape index (κ1) is 21.1. The van der Waals surface area contributed by atoms with E-state index in [1.54, 1.807) is 7.05 Å². The van der Waals surface area contributed by atoms with Gasteiger partial charge >= 0.3 is 0 Å². The number of nitrogens with one attached hydrogen (secondary N) is 1. The molecular weight excluding hydrogens is 274 g/mol. The van der Waals surface area contributed by atoms with E-state index in [1.165, 1.54) is 57.8 Å². The molecule has 0 radical (unpaired) electrons. The van der Waals surface area contributed by atoms with Gasteiger partial charge in [-0.05, 0) is 6.42 Å². The molecule has 0 aromatic heterocycles. The lowest BCUT2D eigenvalue weighted by atomic mass is 9.99. The van der Waals surface area contributed by atoms with Gasteiger partial charge in [0.1, 0.15) is 5.78 Å². The number of carbonyl (C=O) groups is 2. The minimum Gasteiger partial charge on any atom is -0.359 e. The minimum absolute atomic E-state index is 0.0349. The fraction of sp³-hybridized carbons (Fsp3) is 0.895. The van der Waals surface area contributed by atoms with Gasteiger partial charge in [-0.2, -0.15) is 0 Å². The van der Waals surface area contributed by atoms with Crippen molar-refractivity contribution in [3.8, 4) is 0 Å². The minimum atomic E-state index is -0.190. The standard InChI is InChI=1S/C19H37NO2/c1-4-5-6-7-8-9-10-11-12-13-14-15-18(21)16-17(2)19(22)20-3/h17H,4-16H2,1-3H3,(H,20,22)/t17-/m1/s1. The van der Waals surface area contributed by atoms with Crippen LogP contribution in [0.5, 0.6) is 0 Å². The van der Waals surface area contributed by atoms with Crippen LogP contribution < -0.4 is 5.32 Å². The quantitative estimate of drug-likeness (QED) is 0.431. The molecule has 0 aromatic carbocycles. The largest absolute Gasteiger partial charge is 0.359 e. The molecule has 3 nitrogen and oxygen atoms in total. The molecular formula is C19H37NO2. The van der Waals surface area contributed by atoms with Gasteiger partial charge in [-0.1, -0.05) is 78.1 Å². The summed E-state index contributed by atoms with van der Waals surface area (Å²) in [7, 11) is 1.62. The predicted octanol–water partition coefficient (Wildman–Crippen LogP) is 5.03. The molecule has 0 spiro atoms. The lowest BCUT2D eigenvalue weighted by molar-refractivity contribution is -0.128. The van der Waals surface area contributed by atoms with Crippen LogP contribution >= 0.6 is 0 Å². The Morgan fingerprint density at radius 1 is 0.818 bits per heavy atom. The van der Waals surface area contributed by atoms with Gasteiger partial charge in [-0.3, -0.25) is 9.59 Å². The molecule has 0 aliphatic heterocycles. The van der Waals surface area contributed by atoms with Gasteiger partial charge in [-0.25, -0.2) is 0 Å². The highest BCUT2D eigenvalue weighted by molar-refractivity contribution is 5.86. The highest BCUT2D eigenvalue weighted by atomic mass is 16.2. The zero-order valence-corrected chi connectivity index (χ0v) is 15.1. The Hall–Kier alpha value is -0.860. The third-order valence-corrected chi connectivity index (χ3v) is 4.29. The number of amides is 1. The van der Waals surface area contributed by atoms with E-state index in [2.05, 4.69) is 12.2 Å². The molecule has 1 amide bonds. The van der Waals surface area contributed by atoms with Crippen LogP contribution in [0.15, 0.2) is 0 Å². The van der Waals surface area contributed by atoms with Crippen molar-refractivity contribution >= 4 is 11.7 Å². The summed E-state index contributed by atoms with van der Waals surface area (Å²) in [5, 5.41) is 2.59. The van der Waals surface area contributed by atoms with Crippen molar-refractivity contribution in [1.82, 2.24) is 5.32 Å². The molecule has 0 aliphatic carbocycles. The molecule has 0 fully saturated rings. The first-order valence-electron chi connectivity index (χ1n) is 9.35. The lowest BCUT2D eigenvalue weighted by Crippen LogP contribution is -2.27. The maximum absolute atomic E-state index is 11.8. The number of hydrogen-bond acceptors (Lipinski definition) is 2. The zero-order chi connectivity index (χ0) is 16.6. The lowest BCUT2D eigenvalue weighted by Gasteiger charge is -2.08. The van der Waals surface area contributed by atoms with Crippen molar-refractivity contribution in [2.45, 2.75) is 97.3 Å². The monoisotopic (exact) mass is 311 g/mol. The van der Waals surface area contributed by atoms with Crippen LogP contribution in [0.4, 0.5) is 0 Å². The smallest absolute Gasteiger partial charge is 0.223 e. The van der Waals surface area contributed by atoms with Crippen molar-refractivity contribution in [1.29, 1.82) is 0 Å². The maximum Gasteiger partial charge on any atom is 0.223 e. The molecule has 22 heavy (non-hydrogen) atoms. The Bertz CT molecular complexity index is 289. The molecule has 0 aromatic rings. The van der Waals surface area contributed by atoms with Crippen LogP contribution in [0.25, 0.3) is 0 Å². The summed E-state index contributed by atoms with van der Waals surface area (Å²) >= 11 is 0. The van der Waals surface area contributed by atoms with Gasteiger partial charge in [0.05, 0.1) is 0 Å². The average Bonchev–Trinajstić information content (AvgIpc) is 2.51. The van der Waals surface area contributed by atoms with E-state index in [1.807, 2.05) is 6.92 Å². The van der Waals surface area contributed by atoms with E-state index >= 15 is 0 Å². The second-order valence-electron chi connectivity index (χ2n) is 6.54. The fourth-order valence-corrected chi connectivity index (χ4v) is 2.77. The van der Waals surface area contributed by atoms with Crippen molar-refractivity contribution in [2.24, 2.45) is 5.92 Å². The Kier molecular flexibility index (Phi) is 14.5. The highest BCUT2D eigenvalue weighted by Gasteiger charge is 2.14. The van der Waals surface area contributed by atoms with E-state index in [0.29, 0.717) is 12.8 Å². The first-order chi connectivity index (χ1) is 10.6. The molecule has 0 rings (SSSR count). The van der Waals surface area contributed by atoms with Crippen LogP contribution in [0, 0.1) is 5.92 Å². The Labute approximate surface area is 137 Å². The van der Waals surface area contributed by atoms with Gasteiger partial charge in [0.25, 0.3) is 0 Å². The topological polar surface area (TPSA) is 46.2 Å². The van der Waals surface area contributed by atoms with Crippen molar-refractivity contribution in [2.75, 3.05) is 7.05 Å². The SMILES string of the molecule is CCCCCCCCCCCCCC(=O)C[C@@H](C)C(=O)NC. The number of unbranched alkanes of at least 4 members (excludes halogenated alkanes) is 10. The van der Waals surface area contributed by atoms with Gasteiger partial charge in [0.15, 0.2) is 0 Å². The van der Waals surface area contributed by atoms with Crippen LogP contribution in [0.2, 0.25) is 0 Å². The van der Waals surface area contributed by atoms with Crippen LogP contribution in [-0.4, -0.2) is 18.7 Å². The van der Waals surface area contributed by atoms with Crippen molar-refractivity contribution < 1.29 is 9.59 Å². The first-order valence-corrected chi connectivity index (χ1v) is 9.35. The molecule has 1 atom stereocenters. The number of Topliss-reactive ketones (excluding diaryl/α,β-unsaturated/α-hetero) is 1. The third-order valence-electron chi connectivity index (χ3n) is 4.29. The predicted molar refractivity (Wildman–Crippen MR) is 93.9 cm³/mol. The van der Waals surface area contributed by atoms with E-state index in [9.17, 15) is 9.59 Å². The van der Waals surface area contributed by atoms with Crippen molar-refractivity contribution in [3.05, 3.63) is 0 Å². The maximum atomic E-state index is 11.8. The highest BCUT2D eigenvalue weighted by Crippen LogP contribution is 2.13. The van der Waals surface area contributed by atoms with Crippen molar-refractivity contribution in [3.63, 3.8) is 0 Å². The van der Waals surface area contributed by atoms with E-state index < -0.39 is 0 Å². The Balaban J connectivity index is 3.32. The summed E-state index contributed by atoms with van der Waals surface area (Å²) in [6.07, 6.45) is 15.3. The Morgan fingerprint density at radius 2 is 1.27 bits per heavy atom. The molecule has 130 valence electrons. The molecule has 0 bridgehead atoms. The second-order valence-corrected chi connectivity index (χ2v) is 6.54. The van der Waals surface area contributed by atoms with Gasteiger partial charge in [0.2, 0.25) is 5.91 Å². The number of rotatable bonds is 15. The summed E-state index contributed by atoms with van der Waals surface area (Å²) in [5.74, 6) is 0.00418. The second kappa shape index (κ2) is 15.1. The van der Waals surface area contributed by atoms with Gasteiger partial charge in [-0.15, -0.1) is 0 Å². The zero-order valence-electron chi connectivity index (χ0n) is 15.1. The summed E-state index contributed by atoms with van der Waals surface area (Å²) in [6, 6.07) is 0. The summed E-state index contributed by atoms with van der Waals surface area (Å²) < 4.78 is 0. The molecule has 1 N–H and O–H groups in total. The van der Waals surface area contributed by atoms with Crippen LogP contribution in [-0.2, 0) is 9.59 Å². The third kappa shape index (κ3) is 12.8. The fourth-order valence-electron chi connectivity index (χ4n) is 2.77. The number of carbonyl (C=O) groups excluding carboxylic acids is 2. The molecule has 0 saturated carbocycles. The van der Waals surface area contributed by atoms with Gasteiger partial charge < -0.3 is 5.32 Å². The normalized spacial score (nSPS) is 12.1. The van der Waals surface area contributed by atoms with Crippen LogP contribution in [0.1, 0.15) is 97.3 Å². The Morgan fingerprint density at radius 3 is 1.73 bits per heavy atom. The molecule has 0 heterocycles. The van der Waals surface area contributed by atoms with E-state index in [-0.39, 0.29) is 17.6 Å². The van der Waals surface area contributed by atoms with E-state index in [4.69, 9.17) is 0 Å². The summed E-state index contributed by atoms with van der Waals surface area (Å²) in [6.45, 7) is 4.07. The summed E-state index contributed by atoms with van der Waals surface area (Å²) in [5.41, 5.74) is 0. The summed E-state index contributed by atoms with van der Waals surface area (Å²) in [4.78, 5) is 23.1. The average molecular weight is 312 g/mol. The number of ketones is 1. The van der Waals surface area contributed by atoms with Gasteiger partial charge in [0, 0.05) is 25.8 Å². The number of hydrogen-bond donors (Lipinski definition) is 1.